The van der Waals surface area contributed by atoms with Crippen molar-refractivity contribution in [1.82, 2.24) is 14.7 Å². The number of amides is 1. The second-order valence-electron chi connectivity index (χ2n) is 6.48. The number of likely N-dealkylation sites (N-methyl/N-ethyl adjacent to an activating group) is 1. The number of carbonyl (C=O) groups is 1. The smallest absolute Gasteiger partial charge is 0.223 e. The van der Waals surface area contributed by atoms with Crippen molar-refractivity contribution in [2.75, 3.05) is 39.8 Å². The first-order valence-electron chi connectivity index (χ1n) is 8.30. The lowest BCUT2D eigenvalue weighted by molar-refractivity contribution is -0.133. The van der Waals surface area contributed by atoms with Crippen molar-refractivity contribution < 1.29 is 4.79 Å². The monoisotopic (exact) mass is 303 g/mol. The van der Waals surface area contributed by atoms with Crippen LogP contribution >= 0.6 is 0 Å². The van der Waals surface area contributed by atoms with E-state index in [-0.39, 0.29) is 0 Å². The van der Waals surface area contributed by atoms with Crippen LogP contribution in [0.15, 0.2) is 30.3 Å². The van der Waals surface area contributed by atoms with Crippen LogP contribution in [0.3, 0.4) is 0 Å². The zero-order valence-electron chi connectivity index (χ0n) is 14.2. The quantitative estimate of drug-likeness (QED) is 0.805. The minimum Gasteiger partial charge on any atom is -0.340 e. The Morgan fingerprint density at radius 3 is 2.36 bits per heavy atom. The second-order valence-corrected chi connectivity index (χ2v) is 6.48. The summed E-state index contributed by atoms with van der Waals surface area (Å²) in [6, 6.07) is 10.9. The molecule has 0 saturated carbocycles. The van der Waals surface area contributed by atoms with E-state index in [1.165, 1.54) is 5.56 Å². The topological polar surface area (TPSA) is 26.8 Å². The van der Waals surface area contributed by atoms with E-state index in [1.807, 2.05) is 11.0 Å². The van der Waals surface area contributed by atoms with Gasteiger partial charge >= 0.3 is 0 Å². The average molecular weight is 303 g/mol. The average Bonchev–Trinajstić information content (AvgIpc) is 2.52. The van der Waals surface area contributed by atoms with E-state index in [0.29, 0.717) is 18.4 Å². The number of rotatable bonds is 6. The lowest BCUT2D eigenvalue weighted by atomic mass is 10.1. The number of hydrogen-bond acceptors (Lipinski definition) is 3. The molecule has 22 heavy (non-hydrogen) atoms. The Kier molecular flexibility index (Phi) is 6.40. The van der Waals surface area contributed by atoms with Crippen molar-refractivity contribution in [3.05, 3.63) is 35.9 Å². The first-order chi connectivity index (χ1) is 10.6. The maximum Gasteiger partial charge on any atom is 0.223 e. The summed E-state index contributed by atoms with van der Waals surface area (Å²) in [6.45, 7) is 9.86. The summed E-state index contributed by atoms with van der Waals surface area (Å²) in [5, 5.41) is 0. The minimum absolute atomic E-state index is 0.298. The van der Waals surface area contributed by atoms with Crippen LogP contribution in [0.4, 0.5) is 0 Å². The van der Waals surface area contributed by atoms with Gasteiger partial charge in [-0.3, -0.25) is 9.69 Å². The molecule has 0 bridgehead atoms. The highest BCUT2D eigenvalue weighted by atomic mass is 16.2. The maximum absolute atomic E-state index is 12.4. The Morgan fingerprint density at radius 1 is 1.14 bits per heavy atom. The van der Waals surface area contributed by atoms with Crippen molar-refractivity contribution in [2.24, 2.45) is 0 Å². The van der Waals surface area contributed by atoms with Crippen LogP contribution in [-0.4, -0.2) is 66.4 Å². The molecule has 2 rings (SSSR count). The third-order valence-electron chi connectivity index (χ3n) is 4.43. The van der Waals surface area contributed by atoms with E-state index in [0.717, 1.165) is 39.3 Å². The molecule has 0 N–H and O–H groups in total. The van der Waals surface area contributed by atoms with E-state index in [9.17, 15) is 4.79 Å². The summed E-state index contributed by atoms with van der Waals surface area (Å²) < 4.78 is 0. The molecule has 1 aromatic carbocycles. The summed E-state index contributed by atoms with van der Waals surface area (Å²) in [5.74, 6) is 0.298. The molecule has 1 aromatic rings. The molecule has 4 heteroatoms. The summed E-state index contributed by atoms with van der Waals surface area (Å²) in [5.41, 5.74) is 1.31. The van der Waals surface area contributed by atoms with Gasteiger partial charge in [-0.25, -0.2) is 0 Å². The van der Waals surface area contributed by atoms with E-state index >= 15 is 0 Å². The lowest BCUT2D eigenvalue weighted by Crippen LogP contribution is -2.47. The van der Waals surface area contributed by atoms with Gasteiger partial charge < -0.3 is 9.80 Å². The van der Waals surface area contributed by atoms with Gasteiger partial charge in [0.05, 0.1) is 0 Å². The Morgan fingerprint density at radius 2 is 1.77 bits per heavy atom. The van der Waals surface area contributed by atoms with Crippen LogP contribution in [0.1, 0.15) is 25.8 Å². The Bertz CT molecular complexity index is 453. The highest BCUT2D eigenvalue weighted by Gasteiger charge is 2.20. The van der Waals surface area contributed by atoms with E-state index in [2.05, 4.69) is 55.0 Å². The molecule has 1 aliphatic rings. The van der Waals surface area contributed by atoms with E-state index < -0.39 is 0 Å². The fourth-order valence-corrected chi connectivity index (χ4v) is 2.79. The van der Waals surface area contributed by atoms with E-state index in [1.54, 1.807) is 0 Å². The first kappa shape index (κ1) is 17.0. The first-order valence-corrected chi connectivity index (χ1v) is 8.30. The van der Waals surface area contributed by atoms with Crippen molar-refractivity contribution >= 4 is 5.91 Å². The number of carbonyl (C=O) groups excluding carboxylic acids is 1. The van der Waals surface area contributed by atoms with Gasteiger partial charge in [0.25, 0.3) is 0 Å². The lowest BCUT2D eigenvalue weighted by Gasteiger charge is -2.33. The van der Waals surface area contributed by atoms with Gasteiger partial charge in [-0.05, 0) is 26.5 Å². The molecule has 0 radical (unpaired) electrons. The van der Waals surface area contributed by atoms with Gasteiger partial charge in [-0.1, -0.05) is 30.3 Å². The molecule has 0 aromatic heterocycles. The van der Waals surface area contributed by atoms with Crippen LogP contribution in [-0.2, 0) is 11.3 Å². The molecular formula is C18H29N3O. The van der Waals surface area contributed by atoms with Crippen molar-refractivity contribution in [3.8, 4) is 0 Å². The molecule has 0 atom stereocenters. The number of piperazine rings is 1. The van der Waals surface area contributed by atoms with Gasteiger partial charge in [0.15, 0.2) is 0 Å². The molecule has 0 unspecified atom stereocenters. The van der Waals surface area contributed by atoms with Crippen LogP contribution in [0.2, 0.25) is 0 Å². The van der Waals surface area contributed by atoms with Crippen molar-refractivity contribution in [2.45, 2.75) is 32.9 Å². The van der Waals surface area contributed by atoms with Gasteiger partial charge in [0, 0.05) is 51.7 Å². The highest BCUT2D eigenvalue weighted by molar-refractivity contribution is 5.76. The van der Waals surface area contributed by atoms with Crippen LogP contribution in [0.5, 0.6) is 0 Å². The summed E-state index contributed by atoms with van der Waals surface area (Å²) in [7, 11) is 2.11. The normalized spacial score (nSPS) is 16.5. The molecule has 4 nitrogen and oxygen atoms in total. The summed E-state index contributed by atoms with van der Waals surface area (Å²) >= 11 is 0. The number of nitrogens with zero attached hydrogens (tertiary/aromatic N) is 3. The van der Waals surface area contributed by atoms with Gasteiger partial charge in [0.1, 0.15) is 0 Å². The Balaban J connectivity index is 1.82. The zero-order chi connectivity index (χ0) is 15.9. The van der Waals surface area contributed by atoms with Crippen LogP contribution < -0.4 is 0 Å². The van der Waals surface area contributed by atoms with Crippen molar-refractivity contribution in [3.63, 3.8) is 0 Å². The largest absolute Gasteiger partial charge is 0.340 e. The molecular weight excluding hydrogens is 274 g/mol. The second kappa shape index (κ2) is 8.30. The minimum atomic E-state index is 0.298. The van der Waals surface area contributed by atoms with Gasteiger partial charge in [-0.2, -0.15) is 0 Å². The fourth-order valence-electron chi connectivity index (χ4n) is 2.79. The third kappa shape index (κ3) is 5.11. The molecule has 122 valence electrons. The zero-order valence-corrected chi connectivity index (χ0v) is 14.2. The molecule has 1 aliphatic heterocycles. The standard InChI is InChI=1S/C18H29N3O/c1-16(2)21(15-17-7-5-4-6-8-17)10-9-18(22)20-13-11-19(3)12-14-20/h4-8,16H,9-15H2,1-3H3. The third-order valence-corrected chi connectivity index (χ3v) is 4.43. The number of hydrogen-bond donors (Lipinski definition) is 0. The molecule has 1 saturated heterocycles. The highest BCUT2D eigenvalue weighted by Crippen LogP contribution is 2.10. The van der Waals surface area contributed by atoms with Gasteiger partial charge in [0.2, 0.25) is 5.91 Å². The summed E-state index contributed by atoms with van der Waals surface area (Å²) in [6.07, 6.45) is 0.620. The fraction of sp³-hybridized carbons (Fsp3) is 0.611. The predicted molar refractivity (Wildman–Crippen MR) is 90.7 cm³/mol. The number of benzene rings is 1. The Labute approximate surface area is 134 Å². The molecule has 0 aliphatic carbocycles. The van der Waals surface area contributed by atoms with Crippen LogP contribution in [0.25, 0.3) is 0 Å². The molecule has 1 heterocycles. The van der Waals surface area contributed by atoms with Gasteiger partial charge in [-0.15, -0.1) is 0 Å². The molecule has 1 fully saturated rings. The molecule has 0 spiro atoms. The predicted octanol–water partition coefficient (Wildman–Crippen LogP) is 2.06. The van der Waals surface area contributed by atoms with Crippen LogP contribution in [0, 0.1) is 0 Å². The van der Waals surface area contributed by atoms with E-state index in [4.69, 9.17) is 0 Å². The summed E-state index contributed by atoms with van der Waals surface area (Å²) in [4.78, 5) is 19.0. The maximum atomic E-state index is 12.4. The van der Waals surface area contributed by atoms with Crippen molar-refractivity contribution in [1.29, 1.82) is 0 Å². The SMILES string of the molecule is CC(C)N(CCC(=O)N1CCN(C)CC1)Cc1ccccc1. The Hall–Kier alpha value is -1.39. The molecule has 1 amide bonds.